The number of anilines is 1. The number of ether oxygens (including phenoxy) is 1. The summed E-state index contributed by atoms with van der Waals surface area (Å²) in [6.45, 7) is 2.71. The first-order valence-corrected chi connectivity index (χ1v) is 8.51. The van der Waals surface area contributed by atoms with Crippen molar-refractivity contribution in [2.45, 2.75) is 38.8 Å². The van der Waals surface area contributed by atoms with E-state index in [0.29, 0.717) is 18.7 Å². The number of nitrogens with zero attached hydrogens (tertiary/aromatic N) is 4. The molecule has 1 aromatic carbocycles. The van der Waals surface area contributed by atoms with Crippen LogP contribution in [0.2, 0.25) is 0 Å². The molecule has 0 aromatic heterocycles. The van der Waals surface area contributed by atoms with Gasteiger partial charge in [0.1, 0.15) is 12.2 Å². The van der Waals surface area contributed by atoms with E-state index in [4.69, 9.17) is 4.74 Å². The van der Waals surface area contributed by atoms with Crippen LogP contribution < -0.4 is 5.01 Å². The Morgan fingerprint density at radius 3 is 2.76 bits per heavy atom. The molecule has 1 fully saturated rings. The largest absolute Gasteiger partial charge is 0.462 e. The molecule has 7 nitrogen and oxygen atoms in total. The van der Waals surface area contributed by atoms with Gasteiger partial charge in [0.05, 0.1) is 17.9 Å². The van der Waals surface area contributed by atoms with Crippen LogP contribution in [0.3, 0.4) is 0 Å². The molecule has 1 atom stereocenters. The first-order chi connectivity index (χ1) is 12.2. The molecule has 0 spiro atoms. The van der Waals surface area contributed by atoms with Gasteiger partial charge in [-0.25, -0.2) is 9.80 Å². The Morgan fingerprint density at radius 1 is 1.32 bits per heavy atom. The first kappa shape index (κ1) is 17.0. The number of hydrazone groups is 1. The van der Waals surface area contributed by atoms with Crippen LogP contribution in [0, 0.1) is 11.3 Å². The van der Waals surface area contributed by atoms with Crippen LogP contribution in [0.15, 0.2) is 29.4 Å². The minimum atomic E-state index is -0.375. The third kappa shape index (κ3) is 3.33. The van der Waals surface area contributed by atoms with Crippen molar-refractivity contribution in [1.82, 2.24) is 4.90 Å². The predicted octanol–water partition coefficient (Wildman–Crippen LogP) is 2.29. The number of carbonyl (C=O) groups is 2. The zero-order chi connectivity index (χ0) is 17.8. The Labute approximate surface area is 146 Å². The zero-order valence-corrected chi connectivity index (χ0v) is 14.1. The summed E-state index contributed by atoms with van der Waals surface area (Å²) in [5, 5.41) is 15.2. The van der Waals surface area contributed by atoms with Crippen molar-refractivity contribution in [3.8, 4) is 6.07 Å². The normalized spacial score (nSPS) is 20.2. The van der Waals surface area contributed by atoms with Crippen LogP contribution in [-0.2, 0) is 9.53 Å². The number of esters is 1. The fraction of sp³-hybridized carbons (Fsp3) is 0.444. The number of fused-ring (bicyclic) bond motifs is 1. The molecule has 2 aliphatic rings. The predicted molar refractivity (Wildman–Crippen MR) is 91.9 cm³/mol. The molecule has 0 radical (unpaired) electrons. The molecule has 0 bridgehead atoms. The molecule has 2 aliphatic heterocycles. The summed E-state index contributed by atoms with van der Waals surface area (Å²) in [5.41, 5.74) is 1.10. The molecular weight excluding hydrogens is 320 g/mol. The lowest BCUT2D eigenvalue weighted by Gasteiger charge is -2.40. The third-order valence-electron chi connectivity index (χ3n) is 4.42. The summed E-state index contributed by atoms with van der Waals surface area (Å²) in [7, 11) is 0. The van der Waals surface area contributed by atoms with Gasteiger partial charge in [0.2, 0.25) is 5.71 Å². The van der Waals surface area contributed by atoms with Crippen LogP contribution in [0.25, 0.3) is 0 Å². The van der Waals surface area contributed by atoms with Crippen LogP contribution >= 0.6 is 0 Å². The molecule has 1 aromatic rings. The van der Waals surface area contributed by atoms with Crippen molar-refractivity contribution >= 4 is 23.3 Å². The summed E-state index contributed by atoms with van der Waals surface area (Å²) in [6.07, 6.45) is 3.59. The third-order valence-corrected chi connectivity index (χ3v) is 4.42. The molecule has 1 saturated heterocycles. The van der Waals surface area contributed by atoms with Crippen LogP contribution in [-0.4, -0.2) is 41.8 Å². The number of benzene rings is 1. The maximum Gasteiger partial charge on any atom is 0.338 e. The van der Waals surface area contributed by atoms with Gasteiger partial charge in [-0.3, -0.25) is 4.79 Å². The van der Waals surface area contributed by atoms with Crippen molar-refractivity contribution in [3.05, 3.63) is 29.8 Å². The van der Waals surface area contributed by atoms with Crippen molar-refractivity contribution in [2.75, 3.05) is 18.2 Å². The number of amides is 1. The highest BCUT2D eigenvalue weighted by Crippen LogP contribution is 2.29. The molecule has 0 aliphatic carbocycles. The van der Waals surface area contributed by atoms with Crippen LogP contribution in [0.4, 0.5) is 5.69 Å². The number of carbonyl (C=O) groups excluding carboxylic acids is 2. The fourth-order valence-corrected chi connectivity index (χ4v) is 3.20. The van der Waals surface area contributed by atoms with E-state index in [1.807, 2.05) is 6.07 Å². The summed E-state index contributed by atoms with van der Waals surface area (Å²) in [4.78, 5) is 25.9. The Morgan fingerprint density at radius 2 is 2.08 bits per heavy atom. The standard InChI is InChI=1S/C18H20N4O3/c1-2-25-18(24)13-7-9-14(10-8-13)22-16-6-4-3-5-11-21(16)17(23)15(12-19)20-22/h7-10,16H,2-6,11H2,1H3/t16-/m0/s1. The first-order valence-electron chi connectivity index (χ1n) is 8.51. The Hall–Kier alpha value is -2.88. The Bertz CT molecular complexity index is 736. The van der Waals surface area contributed by atoms with Crippen molar-refractivity contribution in [3.63, 3.8) is 0 Å². The molecule has 2 heterocycles. The monoisotopic (exact) mass is 340 g/mol. The molecule has 3 rings (SSSR count). The SMILES string of the molecule is CCOC(=O)c1ccc(N2N=C(C#N)C(=O)N3CCCCC[C@@H]32)cc1. The van der Waals surface area contributed by atoms with Crippen LogP contribution in [0.1, 0.15) is 43.0 Å². The topological polar surface area (TPSA) is 86.0 Å². The van der Waals surface area contributed by atoms with Gasteiger partial charge in [-0.2, -0.15) is 10.4 Å². The maximum atomic E-state index is 12.4. The van der Waals surface area contributed by atoms with E-state index in [1.54, 1.807) is 41.1 Å². The average Bonchev–Trinajstić information content (AvgIpc) is 2.89. The number of nitriles is 1. The lowest BCUT2D eigenvalue weighted by molar-refractivity contribution is -0.126. The highest BCUT2D eigenvalue weighted by molar-refractivity contribution is 6.45. The molecule has 25 heavy (non-hydrogen) atoms. The van der Waals surface area contributed by atoms with E-state index in [0.717, 1.165) is 31.4 Å². The molecule has 1 amide bonds. The molecule has 0 unspecified atom stereocenters. The average molecular weight is 340 g/mol. The van der Waals surface area contributed by atoms with Crippen molar-refractivity contribution in [2.24, 2.45) is 5.10 Å². The second-order valence-corrected chi connectivity index (χ2v) is 6.00. The van der Waals surface area contributed by atoms with Gasteiger partial charge in [0, 0.05) is 6.54 Å². The van der Waals surface area contributed by atoms with E-state index in [-0.39, 0.29) is 23.8 Å². The van der Waals surface area contributed by atoms with Gasteiger partial charge in [-0.05, 0) is 50.5 Å². The van der Waals surface area contributed by atoms with Gasteiger partial charge in [-0.15, -0.1) is 0 Å². The van der Waals surface area contributed by atoms with Crippen molar-refractivity contribution < 1.29 is 14.3 Å². The summed E-state index contributed by atoms with van der Waals surface area (Å²) in [5.74, 6) is -0.672. The minimum absolute atomic E-state index is 0.104. The van der Waals surface area contributed by atoms with Gasteiger partial charge < -0.3 is 9.64 Å². The smallest absolute Gasteiger partial charge is 0.338 e. The van der Waals surface area contributed by atoms with E-state index in [2.05, 4.69) is 5.10 Å². The Kier molecular flexibility index (Phi) is 4.98. The van der Waals surface area contributed by atoms with E-state index < -0.39 is 0 Å². The quantitative estimate of drug-likeness (QED) is 0.788. The number of rotatable bonds is 3. The van der Waals surface area contributed by atoms with Gasteiger partial charge in [0.25, 0.3) is 5.91 Å². The summed E-state index contributed by atoms with van der Waals surface area (Å²) >= 11 is 0. The van der Waals surface area contributed by atoms with E-state index in [9.17, 15) is 14.9 Å². The van der Waals surface area contributed by atoms with E-state index >= 15 is 0 Å². The summed E-state index contributed by atoms with van der Waals surface area (Å²) < 4.78 is 4.99. The maximum absolute atomic E-state index is 12.4. The second kappa shape index (κ2) is 7.34. The van der Waals surface area contributed by atoms with Crippen LogP contribution in [0.5, 0.6) is 0 Å². The summed E-state index contributed by atoms with van der Waals surface area (Å²) in [6, 6.07) is 8.78. The lowest BCUT2D eigenvalue weighted by Crippen LogP contribution is -2.55. The van der Waals surface area contributed by atoms with Crippen molar-refractivity contribution in [1.29, 1.82) is 5.26 Å². The highest BCUT2D eigenvalue weighted by Gasteiger charge is 2.37. The second-order valence-electron chi connectivity index (χ2n) is 6.00. The molecule has 0 N–H and O–H groups in total. The number of hydrogen-bond acceptors (Lipinski definition) is 6. The zero-order valence-electron chi connectivity index (χ0n) is 14.1. The van der Waals surface area contributed by atoms with Gasteiger partial charge in [-0.1, -0.05) is 6.42 Å². The molecule has 130 valence electrons. The lowest BCUT2D eigenvalue weighted by atomic mass is 10.1. The van der Waals surface area contributed by atoms with E-state index in [1.165, 1.54) is 0 Å². The van der Waals surface area contributed by atoms with Gasteiger partial charge >= 0.3 is 5.97 Å². The highest BCUT2D eigenvalue weighted by atomic mass is 16.5. The fourth-order valence-electron chi connectivity index (χ4n) is 3.20. The molecule has 0 saturated carbocycles. The molecular formula is C18H20N4O3. The van der Waals surface area contributed by atoms with Gasteiger partial charge in [0.15, 0.2) is 0 Å². The number of hydrogen-bond donors (Lipinski definition) is 0. The Balaban J connectivity index is 1.93. The minimum Gasteiger partial charge on any atom is -0.462 e. The molecule has 7 heteroatoms.